The summed E-state index contributed by atoms with van der Waals surface area (Å²) >= 11 is 0. The number of nitrogens with one attached hydrogen (secondary N) is 2. The van der Waals surface area contributed by atoms with Gasteiger partial charge in [0.15, 0.2) is 0 Å². The van der Waals surface area contributed by atoms with Crippen molar-refractivity contribution in [2.45, 2.75) is 96.8 Å². The normalized spacial score (nSPS) is 16.0. The number of hydrazine groups is 1. The number of nitrogens with zero attached hydrogens (tertiary/aromatic N) is 1. The first-order chi connectivity index (χ1) is 12.4. The first kappa shape index (κ1) is 22.7. The first-order valence-electron chi connectivity index (χ1n) is 11.3. The van der Waals surface area contributed by atoms with Crippen LogP contribution in [0.5, 0.6) is 0 Å². The monoisotopic (exact) mass is 351 g/mol. The van der Waals surface area contributed by atoms with Crippen molar-refractivity contribution in [3.63, 3.8) is 0 Å². The molecule has 1 heterocycles. The van der Waals surface area contributed by atoms with Gasteiger partial charge in [-0.15, -0.1) is 0 Å². The molecule has 3 nitrogen and oxygen atoms in total. The maximum Gasteiger partial charge on any atom is 0.0256 e. The van der Waals surface area contributed by atoms with Gasteiger partial charge >= 0.3 is 0 Å². The van der Waals surface area contributed by atoms with E-state index in [0.717, 1.165) is 32.7 Å². The Morgan fingerprint density at radius 1 is 0.720 bits per heavy atom. The zero-order valence-electron chi connectivity index (χ0n) is 17.0. The Morgan fingerprint density at radius 3 is 1.84 bits per heavy atom. The van der Waals surface area contributed by atoms with E-state index in [1.54, 1.807) is 0 Å². The van der Waals surface area contributed by atoms with Gasteiger partial charge in [0.2, 0.25) is 0 Å². The molecule has 1 aliphatic heterocycles. The predicted molar refractivity (Wildman–Crippen MR) is 112 cm³/mol. The predicted octanol–water partition coefficient (Wildman–Crippen LogP) is 5.43. The summed E-state index contributed by atoms with van der Waals surface area (Å²) in [7, 11) is 0. The first-order valence-corrected chi connectivity index (χ1v) is 11.3. The molecule has 0 aromatic carbocycles. The molecule has 0 unspecified atom stereocenters. The molecule has 148 valence electrons. The molecule has 3 heteroatoms. The van der Waals surface area contributed by atoms with Crippen LogP contribution in [0.4, 0.5) is 0 Å². The lowest BCUT2D eigenvalue weighted by molar-refractivity contribution is 0.163. The molecule has 1 aliphatic rings. The standard InChI is InChI=1S/C22H45N3/c1-2-3-4-5-6-7-8-9-10-11-12-13-14-15-16-17-18-24-25-21-19-23-20-22-25/h9-10,23-24H,2-8,11-22H2,1H3. The van der Waals surface area contributed by atoms with Crippen molar-refractivity contribution in [3.05, 3.63) is 12.2 Å². The van der Waals surface area contributed by atoms with Crippen molar-refractivity contribution in [3.8, 4) is 0 Å². The van der Waals surface area contributed by atoms with Crippen LogP contribution in [0.3, 0.4) is 0 Å². The summed E-state index contributed by atoms with van der Waals surface area (Å²) < 4.78 is 0. The Kier molecular flexibility index (Phi) is 16.7. The van der Waals surface area contributed by atoms with E-state index in [9.17, 15) is 0 Å². The molecule has 1 saturated heterocycles. The van der Waals surface area contributed by atoms with Gasteiger partial charge in [0.25, 0.3) is 0 Å². The van der Waals surface area contributed by atoms with E-state index >= 15 is 0 Å². The van der Waals surface area contributed by atoms with Gasteiger partial charge in [-0.3, -0.25) is 5.43 Å². The van der Waals surface area contributed by atoms with Crippen LogP contribution in [-0.4, -0.2) is 37.7 Å². The van der Waals surface area contributed by atoms with Crippen LogP contribution in [0.15, 0.2) is 12.2 Å². The second-order valence-corrected chi connectivity index (χ2v) is 7.58. The number of hydrogen-bond acceptors (Lipinski definition) is 3. The third-order valence-corrected chi connectivity index (χ3v) is 5.14. The van der Waals surface area contributed by atoms with Gasteiger partial charge in [-0.25, -0.2) is 5.01 Å². The Morgan fingerprint density at radius 2 is 1.24 bits per heavy atom. The Hall–Kier alpha value is -0.380. The zero-order chi connectivity index (χ0) is 17.8. The molecule has 2 N–H and O–H groups in total. The minimum atomic E-state index is 1.13. The van der Waals surface area contributed by atoms with Crippen LogP contribution in [0, 0.1) is 0 Å². The lowest BCUT2D eigenvalue weighted by atomic mass is 10.1. The number of allylic oxidation sites excluding steroid dienone is 2. The third kappa shape index (κ3) is 15.6. The van der Waals surface area contributed by atoms with Crippen molar-refractivity contribution >= 4 is 0 Å². The molecule has 1 fully saturated rings. The highest BCUT2D eigenvalue weighted by Crippen LogP contribution is 2.09. The molecular formula is C22H45N3. The molecule has 25 heavy (non-hydrogen) atoms. The van der Waals surface area contributed by atoms with E-state index in [0.29, 0.717) is 0 Å². The highest BCUT2D eigenvalue weighted by molar-refractivity contribution is 4.81. The van der Waals surface area contributed by atoms with Gasteiger partial charge in [-0.2, -0.15) is 0 Å². The molecule has 0 aromatic rings. The van der Waals surface area contributed by atoms with Gasteiger partial charge in [0.05, 0.1) is 0 Å². The van der Waals surface area contributed by atoms with Gasteiger partial charge in [0, 0.05) is 32.7 Å². The summed E-state index contributed by atoms with van der Waals surface area (Å²) in [6.45, 7) is 7.98. The molecular weight excluding hydrogens is 306 g/mol. The van der Waals surface area contributed by atoms with Crippen molar-refractivity contribution < 1.29 is 0 Å². The SMILES string of the molecule is CCCCCCCCC=CCCCCCCCCNN1CCNCC1. The average Bonchev–Trinajstić information content (AvgIpc) is 2.65. The number of hydrogen-bond donors (Lipinski definition) is 2. The van der Waals surface area contributed by atoms with Crippen molar-refractivity contribution in [1.29, 1.82) is 0 Å². The number of unbranched alkanes of at least 4 members (excludes halogenated alkanes) is 12. The molecule has 0 bridgehead atoms. The molecule has 0 atom stereocenters. The van der Waals surface area contributed by atoms with Gasteiger partial charge in [0.1, 0.15) is 0 Å². The summed E-state index contributed by atoms with van der Waals surface area (Å²) in [6, 6.07) is 0. The quantitative estimate of drug-likeness (QED) is 0.270. The van der Waals surface area contributed by atoms with E-state index in [2.05, 4.69) is 34.8 Å². The molecule has 0 saturated carbocycles. The summed E-state index contributed by atoms with van der Waals surface area (Å²) in [5.74, 6) is 0. The minimum absolute atomic E-state index is 1.13. The zero-order valence-corrected chi connectivity index (χ0v) is 17.0. The summed E-state index contributed by atoms with van der Waals surface area (Å²) in [6.07, 6.45) is 24.2. The van der Waals surface area contributed by atoms with Crippen LogP contribution in [0.2, 0.25) is 0 Å². The lowest BCUT2D eigenvalue weighted by Crippen LogP contribution is -2.50. The van der Waals surface area contributed by atoms with E-state index in [-0.39, 0.29) is 0 Å². The smallest absolute Gasteiger partial charge is 0.0256 e. The second kappa shape index (κ2) is 18.4. The third-order valence-electron chi connectivity index (χ3n) is 5.14. The van der Waals surface area contributed by atoms with Gasteiger partial charge in [-0.05, 0) is 32.1 Å². The van der Waals surface area contributed by atoms with Gasteiger partial charge < -0.3 is 5.32 Å². The molecule has 1 rings (SSSR count). The molecule has 0 spiro atoms. The fraction of sp³-hybridized carbons (Fsp3) is 0.909. The number of piperazine rings is 1. The maximum absolute atomic E-state index is 3.56. The van der Waals surface area contributed by atoms with E-state index in [1.165, 1.54) is 89.9 Å². The largest absolute Gasteiger partial charge is 0.314 e. The molecule has 0 aliphatic carbocycles. The minimum Gasteiger partial charge on any atom is -0.314 e. The second-order valence-electron chi connectivity index (χ2n) is 7.58. The van der Waals surface area contributed by atoms with Crippen LogP contribution >= 0.6 is 0 Å². The van der Waals surface area contributed by atoms with E-state index in [4.69, 9.17) is 0 Å². The van der Waals surface area contributed by atoms with Crippen LogP contribution < -0.4 is 10.7 Å². The van der Waals surface area contributed by atoms with Crippen molar-refractivity contribution in [2.75, 3.05) is 32.7 Å². The Balaban J connectivity index is 1.70. The molecule has 0 aromatic heterocycles. The highest BCUT2D eigenvalue weighted by Gasteiger charge is 2.07. The van der Waals surface area contributed by atoms with Crippen molar-refractivity contribution in [1.82, 2.24) is 15.8 Å². The van der Waals surface area contributed by atoms with Crippen molar-refractivity contribution in [2.24, 2.45) is 0 Å². The summed E-state index contributed by atoms with van der Waals surface area (Å²) in [5, 5.41) is 5.76. The van der Waals surface area contributed by atoms with Gasteiger partial charge in [-0.1, -0.05) is 76.9 Å². The summed E-state index contributed by atoms with van der Waals surface area (Å²) in [5.41, 5.74) is 3.56. The number of rotatable bonds is 17. The van der Waals surface area contributed by atoms with Crippen LogP contribution in [-0.2, 0) is 0 Å². The molecule has 0 amide bonds. The van der Waals surface area contributed by atoms with E-state index in [1.807, 2.05) is 0 Å². The molecule has 0 radical (unpaired) electrons. The fourth-order valence-corrected chi connectivity index (χ4v) is 3.43. The summed E-state index contributed by atoms with van der Waals surface area (Å²) in [4.78, 5) is 0. The Labute approximate surface area is 158 Å². The fourth-order valence-electron chi connectivity index (χ4n) is 3.43. The maximum atomic E-state index is 3.56. The highest BCUT2D eigenvalue weighted by atomic mass is 15.5. The lowest BCUT2D eigenvalue weighted by Gasteiger charge is -2.27. The van der Waals surface area contributed by atoms with Crippen LogP contribution in [0.1, 0.15) is 96.8 Å². The Bertz CT molecular complexity index is 285. The topological polar surface area (TPSA) is 27.3 Å². The van der Waals surface area contributed by atoms with Crippen LogP contribution in [0.25, 0.3) is 0 Å². The average molecular weight is 352 g/mol. The van der Waals surface area contributed by atoms with E-state index < -0.39 is 0 Å².